The molecule has 2 nitrogen and oxygen atoms in total. The van der Waals surface area contributed by atoms with Gasteiger partial charge in [0, 0.05) is 18.2 Å². The fraction of sp³-hybridized carbons (Fsp3) is 0.667. The molecule has 0 N–H and O–H groups in total. The van der Waals surface area contributed by atoms with Gasteiger partial charge < -0.3 is 0 Å². The molecule has 2 aliphatic rings. The Labute approximate surface area is 93.7 Å². The first-order chi connectivity index (χ1) is 7.24. The van der Waals surface area contributed by atoms with E-state index in [0.29, 0.717) is 10.9 Å². The van der Waals surface area contributed by atoms with Crippen LogP contribution in [0.5, 0.6) is 0 Å². The molecule has 80 valence electrons. The number of nitrogens with zero attached hydrogens (tertiary/aromatic N) is 1. The van der Waals surface area contributed by atoms with Gasteiger partial charge in [0.2, 0.25) is 0 Å². The summed E-state index contributed by atoms with van der Waals surface area (Å²) in [6.45, 7) is 1.60. The molecule has 2 fully saturated rings. The van der Waals surface area contributed by atoms with Crippen LogP contribution < -0.4 is 0 Å². The smallest absolute Gasteiger partial charge is 0.188 e. The van der Waals surface area contributed by atoms with Crippen molar-refractivity contribution in [1.29, 1.82) is 0 Å². The molecule has 3 heteroatoms. The van der Waals surface area contributed by atoms with Crippen LogP contribution in [0.3, 0.4) is 0 Å². The number of rotatable bonds is 2. The third-order valence-electron chi connectivity index (χ3n) is 3.94. The summed E-state index contributed by atoms with van der Waals surface area (Å²) in [7, 11) is 0. The molecule has 0 radical (unpaired) electrons. The van der Waals surface area contributed by atoms with E-state index >= 15 is 0 Å². The molecule has 2 bridgehead atoms. The summed E-state index contributed by atoms with van der Waals surface area (Å²) in [6, 6.07) is 0. The molecule has 3 atom stereocenters. The molecular formula is C12H15NOS. The Morgan fingerprint density at radius 3 is 2.87 bits per heavy atom. The molecule has 0 spiro atoms. The maximum Gasteiger partial charge on any atom is 0.188 e. The van der Waals surface area contributed by atoms with E-state index in [0.717, 1.165) is 11.8 Å². The van der Waals surface area contributed by atoms with Crippen molar-refractivity contribution in [3.63, 3.8) is 0 Å². The summed E-state index contributed by atoms with van der Waals surface area (Å²) in [4.78, 5) is 15.7. The van der Waals surface area contributed by atoms with Crippen LogP contribution in [0.25, 0.3) is 0 Å². The van der Waals surface area contributed by atoms with Gasteiger partial charge in [0.15, 0.2) is 10.8 Å². The van der Waals surface area contributed by atoms with E-state index in [4.69, 9.17) is 0 Å². The maximum absolute atomic E-state index is 11.2. The third-order valence-corrected chi connectivity index (χ3v) is 4.90. The molecule has 0 aromatic carbocycles. The number of hydrogen-bond acceptors (Lipinski definition) is 3. The first-order valence-corrected chi connectivity index (χ1v) is 6.58. The van der Waals surface area contributed by atoms with Crippen LogP contribution in [0.2, 0.25) is 0 Å². The number of aromatic nitrogens is 1. The van der Waals surface area contributed by atoms with Crippen molar-refractivity contribution in [2.45, 2.75) is 38.5 Å². The summed E-state index contributed by atoms with van der Waals surface area (Å²) in [5, 5.41) is 2.79. The van der Waals surface area contributed by atoms with Crippen LogP contribution in [0.15, 0.2) is 5.38 Å². The largest absolute Gasteiger partial charge is 0.292 e. The number of carbonyl (C=O) groups is 1. The average Bonchev–Trinajstić information content (AvgIpc) is 2.93. The summed E-state index contributed by atoms with van der Waals surface area (Å²) in [6.07, 6.45) is 5.51. The lowest BCUT2D eigenvalue weighted by molar-refractivity contribution is 0.101. The highest BCUT2D eigenvalue weighted by Gasteiger charge is 2.41. The second kappa shape index (κ2) is 3.41. The molecule has 1 heterocycles. The summed E-state index contributed by atoms with van der Waals surface area (Å²) < 4.78 is 0. The monoisotopic (exact) mass is 221 g/mol. The Kier molecular flexibility index (Phi) is 2.16. The van der Waals surface area contributed by atoms with Crippen molar-refractivity contribution in [2.24, 2.45) is 11.8 Å². The van der Waals surface area contributed by atoms with E-state index in [1.165, 1.54) is 42.7 Å². The van der Waals surface area contributed by atoms with Crippen LogP contribution in [0.1, 0.15) is 54.0 Å². The zero-order valence-electron chi connectivity index (χ0n) is 8.90. The number of carbonyl (C=O) groups excluding carboxylic acids is 1. The van der Waals surface area contributed by atoms with Gasteiger partial charge in [-0.05, 0) is 31.1 Å². The minimum atomic E-state index is 0.106. The fourth-order valence-corrected chi connectivity index (χ4v) is 4.01. The Morgan fingerprint density at radius 1 is 1.47 bits per heavy atom. The van der Waals surface area contributed by atoms with E-state index in [-0.39, 0.29) is 5.78 Å². The molecule has 0 aliphatic heterocycles. The van der Waals surface area contributed by atoms with Crippen molar-refractivity contribution in [3.8, 4) is 0 Å². The third kappa shape index (κ3) is 1.53. The van der Waals surface area contributed by atoms with Gasteiger partial charge in [0.05, 0.1) is 5.69 Å². The quantitative estimate of drug-likeness (QED) is 0.717. The van der Waals surface area contributed by atoms with E-state index in [2.05, 4.69) is 10.4 Å². The van der Waals surface area contributed by atoms with Gasteiger partial charge in [-0.3, -0.25) is 4.79 Å². The van der Waals surface area contributed by atoms with Crippen molar-refractivity contribution in [2.75, 3.05) is 0 Å². The predicted octanol–water partition coefficient (Wildman–Crippen LogP) is 3.25. The Morgan fingerprint density at radius 2 is 2.33 bits per heavy atom. The number of hydrogen-bond donors (Lipinski definition) is 0. The molecule has 0 amide bonds. The summed E-state index contributed by atoms with van der Waals surface area (Å²) in [5.74, 6) is 2.57. The first kappa shape index (κ1) is 9.52. The minimum Gasteiger partial charge on any atom is -0.292 e. The van der Waals surface area contributed by atoms with Gasteiger partial charge in [-0.15, -0.1) is 11.3 Å². The standard InChI is InChI=1S/C12H15NOS/c1-7(14)12-13-11(6-15-12)10-5-8-2-3-9(10)4-8/h6,8-10H,2-5H2,1H3. The van der Waals surface area contributed by atoms with Crippen molar-refractivity contribution in [1.82, 2.24) is 4.98 Å². The predicted molar refractivity (Wildman–Crippen MR) is 60.3 cm³/mol. The van der Waals surface area contributed by atoms with Gasteiger partial charge in [0.25, 0.3) is 0 Å². The van der Waals surface area contributed by atoms with Crippen LogP contribution in [0.4, 0.5) is 0 Å². The summed E-state index contributed by atoms with van der Waals surface area (Å²) in [5.41, 5.74) is 1.19. The highest BCUT2D eigenvalue weighted by atomic mass is 32.1. The van der Waals surface area contributed by atoms with Gasteiger partial charge in [-0.2, -0.15) is 0 Å². The van der Waals surface area contributed by atoms with Gasteiger partial charge in [-0.25, -0.2) is 4.98 Å². The molecular weight excluding hydrogens is 206 g/mol. The van der Waals surface area contributed by atoms with Crippen molar-refractivity contribution in [3.05, 3.63) is 16.1 Å². The molecule has 0 saturated heterocycles. The number of Topliss-reactive ketones (excluding diaryl/α,β-unsaturated/α-hetero) is 1. The van der Waals surface area contributed by atoms with Gasteiger partial charge in [-0.1, -0.05) is 6.42 Å². The topological polar surface area (TPSA) is 30.0 Å². The Balaban J connectivity index is 1.84. The maximum atomic E-state index is 11.2. The van der Waals surface area contributed by atoms with E-state index < -0.39 is 0 Å². The average molecular weight is 221 g/mol. The van der Waals surface area contributed by atoms with E-state index in [1.807, 2.05) is 0 Å². The molecule has 2 aliphatic carbocycles. The van der Waals surface area contributed by atoms with Crippen LogP contribution in [0, 0.1) is 11.8 Å². The molecule has 3 rings (SSSR count). The highest BCUT2D eigenvalue weighted by molar-refractivity contribution is 7.11. The minimum absolute atomic E-state index is 0.106. The molecule has 1 aromatic heterocycles. The van der Waals surface area contributed by atoms with Crippen LogP contribution in [-0.4, -0.2) is 10.8 Å². The van der Waals surface area contributed by atoms with Crippen molar-refractivity contribution >= 4 is 17.1 Å². The number of ketones is 1. The number of fused-ring (bicyclic) bond motifs is 2. The fourth-order valence-electron chi connectivity index (χ4n) is 3.23. The van der Waals surface area contributed by atoms with Crippen LogP contribution >= 0.6 is 11.3 Å². The SMILES string of the molecule is CC(=O)c1nc(C2CC3CCC2C3)cs1. The van der Waals surface area contributed by atoms with Crippen molar-refractivity contribution < 1.29 is 4.79 Å². The second-order valence-electron chi connectivity index (χ2n) is 4.92. The zero-order chi connectivity index (χ0) is 10.4. The zero-order valence-corrected chi connectivity index (χ0v) is 9.72. The summed E-state index contributed by atoms with van der Waals surface area (Å²) >= 11 is 1.51. The Hall–Kier alpha value is -0.700. The Bertz CT molecular complexity index is 398. The lowest BCUT2D eigenvalue weighted by atomic mass is 9.87. The van der Waals surface area contributed by atoms with Gasteiger partial charge in [0.1, 0.15) is 0 Å². The number of thiazole rings is 1. The van der Waals surface area contributed by atoms with Gasteiger partial charge >= 0.3 is 0 Å². The van der Waals surface area contributed by atoms with E-state index in [1.54, 1.807) is 6.92 Å². The molecule has 2 saturated carbocycles. The molecule has 15 heavy (non-hydrogen) atoms. The highest BCUT2D eigenvalue weighted by Crippen LogP contribution is 2.52. The van der Waals surface area contributed by atoms with E-state index in [9.17, 15) is 4.79 Å². The lowest BCUT2D eigenvalue weighted by Crippen LogP contribution is -2.09. The molecule has 3 unspecified atom stereocenters. The second-order valence-corrected chi connectivity index (χ2v) is 5.77. The normalized spacial score (nSPS) is 33.5. The lowest BCUT2D eigenvalue weighted by Gasteiger charge is -2.19. The first-order valence-electron chi connectivity index (χ1n) is 5.70. The van der Waals surface area contributed by atoms with Crippen LogP contribution in [-0.2, 0) is 0 Å². The molecule has 1 aromatic rings.